The van der Waals surface area contributed by atoms with Crippen LogP contribution in [0.4, 0.5) is 5.69 Å². The minimum Gasteiger partial charge on any atom is -0.349 e. The van der Waals surface area contributed by atoms with Gasteiger partial charge in [0.05, 0.1) is 4.92 Å². The fraction of sp³-hybridized carbons (Fsp3) is 0.231. The Balaban J connectivity index is 3.14. The third kappa shape index (κ3) is 4.07. The summed E-state index contributed by atoms with van der Waals surface area (Å²) in [6.45, 7) is 3.53. The molecule has 0 unspecified atom stereocenters. The van der Waals surface area contributed by atoms with Gasteiger partial charge < -0.3 is 5.32 Å². The number of nitriles is 1. The zero-order valence-corrected chi connectivity index (χ0v) is 11.6. The Bertz CT molecular complexity index is 618. The quantitative estimate of drug-likeness (QED) is 0.399. The van der Waals surface area contributed by atoms with Crippen LogP contribution >= 0.6 is 11.6 Å². The lowest BCUT2D eigenvalue weighted by molar-refractivity contribution is -0.384. The maximum Gasteiger partial charge on any atom is 0.288 e. The third-order valence-corrected chi connectivity index (χ3v) is 2.58. The van der Waals surface area contributed by atoms with Gasteiger partial charge in [-0.2, -0.15) is 5.26 Å². The molecule has 1 aromatic rings. The first kappa shape index (κ1) is 15.7. The van der Waals surface area contributed by atoms with Crippen molar-refractivity contribution in [2.75, 3.05) is 0 Å². The highest BCUT2D eigenvalue weighted by Crippen LogP contribution is 2.26. The summed E-state index contributed by atoms with van der Waals surface area (Å²) in [5, 5.41) is 22.3. The zero-order chi connectivity index (χ0) is 15.3. The molecule has 0 aliphatic rings. The first-order valence-electron chi connectivity index (χ1n) is 5.71. The van der Waals surface area contributed by atoms with Gasteiger partial charge in [-0.05, 0) is 31.6 Å². The van der Waals surface area contributed by atoms with Crippen molar-refractivity contribution < 1.29 is 9.72 Å². The number of nitrogens with one attached hydrogen (secondary N) is 1. The van der Waals surface area contributed by atoms with Gasteiger partial charge in [0.2, 0.25) is 0 Å². The summed E-state index contributed by atoms with van der Waals surface area (Å²) in [6, 6.07) is 5.71. The summed E-state index contributed by atoms with van der Waals surface area (Å²) in [5.41, 5.74) is -0.0474. The number of nitro benzene ring substituents is 1. The normalized spacial score (nSPS) is 11.1. The summed E-state index contributed by atoms with van der Waals surface area (Å²) < 4.78 is 0. The fourth-order valence-electron chi connectivity index (χ4n) is 1.41. The average molecular weight is 294 g/mol. The monoisotopic (exact) mass is 293 g/mol. The maximum absolute atomic E-state index is 11.7. The maximum atomic E-state index is 11.7. The Morgan fingerprint density at radius 2 is 2.20 bits per heavy atom. The van der Waals surface area contributed by atoms with Crippen LogP contribution in [-0.2, 0) is 4.79 Å². The molecule has 1 N–H and O–H groups in total. The lowest BCUT2D eigenvalue weighted by atomic mass is 10.1. The van der Waals surface area contributed by atoms with Gasteiger partial charge in [-0.1, -0.05) is 17.7 Å². The van der Waals surface area contributed by atoms with Gasteiger partial charge >= 0.3 is 0 Å². The SMILES string of the molecule is CC(C)NC(=O)/C(C#N)=C\c1ccc(Cl)c([N+](=O)[O-])c1. The Labute approximate surface area is 120 Å². The van der Waals surface area contributed by atoms with Crippen LogP contribution in [0.15, 0.2) is 23.8 Å². The smallest absolute Gasteiger partial charge is 0.288 e. The molecular weight excluding hydrogens is 282 g/mol. The molecule has 0 saturated heterocycles. The van der Waals surface area contributed by atoms with Crippen molar-refractivity contribution in [3.63, 3.8) is 0 Å². The van der Waals surface area contributed by atoms with Gasteiger partial charge in [-0.25, -0.2) is 0 Å². The summed E-state index contributed by atoms with van der Waals surface area (Å²) in [4.78, 5) is 21.9. The Morgan fingerprint density at radius 3 is 2.70 bits per heavy atom. The van der Waals surface area contributed by atoms with Gasteiger partial charge in [-0.3, -0.25) is 14.9 Å². The summed E-state index contributed by atoms with van der Waals surface area (Å²) >= 11 is 5.69. The van der Waals surface area contributed by atoms with Crippen LogP contribution in [0.25, 0.3) is 6.08 Å². The molecule has 0 aliphatic carbocycles. The van der Waals surface area contributed by atoms with Crippen LogP contribution in [0.5, 0.6) is 0 Å². The van der Waals surface area contributed by atoms with Crippen LogP contribution < -0.4 is 5.32 Å². The van der Waals surface area contributed by atoms with E-state index in [2.05, 4.69) is 5.32 Å². The Morgan fingerprint density at radius 1 is 1.55 bits per heavy atom. The van der Waals surface area contributed by atoms with Crippen LogP contribution in [0.1, 0.15) is 19.4 Å². The molecule has 20 heavy (non-hydrogen) atoms. The second-order valence-corrected chi connectivity index (χ2v) is 4.67. The minimum atomic E-state index is -0.625. The van der Waals surface area contributed by atoms with E-state index in [1.807, 2.05) is 0 Å². The van der Waals surface area contributed by atoms with Crippen molar-refractivity contribution in [3.8, 4) is 6.07 Å². The molecule has 0 heterocycles. The summed E-state index contributed by atoms with van der Waals surface area (Å²) in [5.74, 6) is -0.528. The van der Waals surface area contributed by atoms with Crippen molar-refractivity contribution in [2.45, 2.75) is 19.9 Å². The van der Waals surface area contributed by atoms with Gasteiger partial charge in [0.25, 0.3) is 11.6 Å². The number of rotatable bonds is 4. The number of nitro groups is 1. The second kappa shape index (κ2) is 6.68. The first-order chi connectivity index (χ1) is 9.35. The van der Waals surface area contributed by atoms with Crippen molar-refractivity contribution >= 4 is 29.3 Å². The molecule has 0 fully saturated rings. The van der Waals surface area contributed by atoms with E-state index in [0.29, 0.717) is 5.56 Å². The molecule has 0 aromatic heterocycles. The lowest BCUT2D eigenvalue weighted by Crippen LogP contribution is -2.30. The van der Waals surface area contributed by atoms with Gasteiger partial charge in [0, 0.05) is 12.1 Å². The van der Waals surface area contributed by atoms with Crippen molar-refractivity contribution in [1.82, 2.24) is 5.32 Å². The third-order valence-electron chi connectivity index (χ3n) is 2.26. The van der Waals surface area contributed by atoms with E-state index >= 15 is 0 Å². The van der Waals surface area contributed by atoms with E-state index in [0.717, 1.165) is 0 Å². The van der Waals surface area contributed by atoms with E-state index in [1.165, 1.54) is 24.3 Å². The highest BCUT2D eigenvalue weighted by molar-refractivity contribution is 6.32. The molecule has 0 radical (unpaired) electrons. The number of carbonyl (C=O) groups is 1. The molecule has 6 nitrogen and oxygen atoms in total. The number of carbonyl (C=O) groups excluding carboxylic acids is 1. The minimum absolute atomic E-state index is 0.00251. The first-order valence-corrected chi connectivity index (χ1v) is 6.09. The number of benzene rings is 1. The predicted molar refractivity (Wildman–Crippen MR) is 75.0 cm³/mol. The molecule has 0 atom stereocenters. The van der Waals surface area contributed by atoms with Crippen LogP contribution in [0.3, 0.4) is 0 Å². The highest BCUT2D eigenvalue weighted by Gasteiger charge is 2.14. The fourth-order valence-corrected chi connectivity index (χ4v) is 1.60. The molecule has 0 saturated carbocycles. The average Bonchev–Trinajstić information content (AvgIpc) is 2.36. The number of nitrogens with zero attached hydrogens (tertiary/aromatic N) is 2. The van der Waals surface area contributed by atoms with Gasteiger partial charge in [-0.15, -0.1) is 0 Å². The second-order valence-electron chi connectivity index (χ2n) is 4.27. The van der Waals surface area contributed by atoms with E-state index in [-0.39, 0.29) is 22.3 Å². The number of hydrogen-bond donors (Lipinski definition) is 1. The topological polar surface area (TPSA) is 96.0 Å². The molecule has 1 rings (SSSR count). The van der Waals surface area contributed by atoms with Gasteiger partial charge in [0.15, 0.2) is 0 Å². The molecule has 0 aliphatic heterocycles. The standard InChI is InChI=1S/C13H12ClN3O3/c1-8(2)16-13(18)10(7-15)5-9-3-4-11(14)12(6-9)17(19)20/h3-6,8H,1-2H3,(H,16,18)/b10-5-. The van der Waals surface area contributed by atoms with E-state index in [4.69, 9.17) is 16.9 Å². The zero-order valence-electron chi connectivity index (χ0n) is 10.9. The van der Waals surface area contributed by atoms with Crippen LogP contribution in [0, 0.1) is 21.4 Å². The van der Waals surface area contributed by atoms with Crippen molar-refractivity contribution in [1.29, 1.82) is 5.26 Å². The molecule has 7 heteroatoms. The lowest BCUT2D eigenvalue weighted by Gasteiger charge is -2.06. The molecule has 1 amide bonds. The summed E-state index contributed by atoms with van der Waals surface area (Å²) in [7, 11) is 0. The predicted octanol–water partition coefficient (Wildman–Crippen LogP) is 2.68. The summed E-state index contributed by atoms with van der Waals surface area (Å²) in [6.07, 6.45) is 1.28. The molecule has 0 spiro atoms. The van der Waals surface area contributed by atoms with E-state index in [1.54, 1.807) is 19.9 Å². The van der Waals surface area contributed by atoms with Crippen molar-refractivity contribution in [2.24, 2.45) is 0 Å². The number of hydrogen-bond acceptors (Lipinski definition) is 4. The van der Waals surface area contributed by atoms with E-state index < -0.39 is 10.8 Å². The van der Waals surface area contributed by atoms with Crippen molar-refractivity contribution in [3.05, 3.63) is 44.5 Å². The Kier molecular flexibility index (Phi) is 5.23. The molecule has 104 valence electrons. The number of amides is 1. The molecular formula is C13H12ClN3O3. The molecule has 1 aromatic carbocycles. The van der Waals surface area contributed by atoms with Crippen LogP contribution in [0.2, 0.25) is 5.02 Å². The number of halogens is 1. The van der Waals surface area contributed by atoms with Gasteiger partial charge in [0.1, 0.15) is 16.7 Å². The van der Waals surface area contributed by atoms with E-state index in [9.17, 15) is 14.9 Å². The largest absolute Gasteiger partial charge is 0.349 e. The van der Waals surface area contributed by atoms with Crippen LogP contribution in [-0.4, -0.2) is 16.9 Å². The highest BCUT2D eigenvalue weighted by atomic mass is 35.5. The Hall–Kier alpha value is -2.39. The molecule has 0 bridgehead atoms.